The molecule has 1 amide bonds. The van der Waals surface area contributed by atoms with Crippen molar-refractivity contribution in [1.82, 2.24) is 9.62 Å². The fourth-order valence-corrected chi connectivity index (χ4v) is 6.36. The highest BCUT2D eigenvalue weighted by molar-refractivity contribution is 7.89. The minimum atomic E-state index is -3.57. The molecule has 3 aromatic carbocycles. The standard InChI is InChI=1S/C27H32N2O4S/c1-3-20-19-29(34(31,32)25-13-11-24(33-2)12-14-25)16-15-22(20)17-27(30)28-18-23-9-6-8-21-7-4-5-10-26(21)23/h4-14,20,22H,3,15-19H2,1-2H3,(H,28,30). The number of hydrogen-bond acceptors (Lipinski definition) is 4. The van der Waals surface area contributed by atoms with Crippen molar-refractivity contribution in [2.75, 3.05) is 20.2 Å². The molecule has 1 N–H and O–H groups in total. The van der Waals surface area contributed by atoms with Gasteiger partial charge in [-0.3, -0.25) is 4.79 Å². The maximum Gasteiger partial charge on any atom is 0.243 e. The second-order valence-electron chi connectivity index (χ2n) is 8.87. The Morgan fingerprint density at radius 1 is 1.03 bits per heavy atom. The Morgan fingerprint density at radius 2 is 1.76 bits per heavy atom. The zero-order valence-electron chi connectivity index (χ0n) is 19.7. The third kappa shape index (κ3) is 5.26. The number of sulfonamides is 1. The van der Waals surface area contributed by atoms with Crippen LogP contribution in [0.1, 0.15) is 31.7 Å². The molecule has 1 heterocycles. The quantitative estimate of drug-likeness (QED) is 0.512. The average Bonchev–Trinajstić information content (AvgIpc) is 2.87. The third-order valence-electron chi connectivity index (χ3n) is 6.88. The first-order chi connectivity index (χ1) is 16.4. The van der Waals surface area contributed by atoms with Crippen LogP contribution in [0.4, 0.5) is 0 Å². The Bertz CT molecular complexity index is 1240. The third-order valence-corrected chi connectivity index (χ3v) is 8.76. The van der Waals surface area contributed by atoms with Gasteiger partial charge in [-0.1, -0.05) is 55.8 Å². The fourth-order valence-electron chi connectivity index (χ4n) is 4.84. The Morgan fingerprint density at radius 3 is 2.50 bits per heavy atom. The summed E-state index contributed by atoms with van der Waals surface area (Å²) >= 11 is 0. The molecule has 180 valence electrons. The fraction of sp³-hybridized carbons (Fsp3) is 0.370. The number of nitrogens with one attached hydrogen (secondary N) is 1. The van der Waals surface area contributed by atoms with Gasteiger partial charge in [0.15, 0.2) is 0 Å². The summed E-state index contributed by atoms with van der Waals surface area (Å²) in [4.78, 5) is 13.1. The number of carbonyl (C=O) groups excluding carboxylic acids is 1. The van der Waals surface area contributed by atoms with Crippen molar-refractivity contribution in [2.24, 2.45) is 11.8 Å². The van der Waals surface area contributed by atoms with E-state index in [-0.39, 0.29) is 22.6 Å². The molecule has 3 aromatic rings. The molecule has 34 heavy (non-hydrogen) atoms. The van der Waals surface area contributed by atoms with Gasteiger partial charge in [0.25, 0.3) is 0 Å². The number of benzene rings is 3. The molecule has 0 aliphatic carbocycles. The lowest BCUT2D eigenvalue weighted by molar-refractivity contribution is -0.122. The zero-order chi connectivity index (χ0) is 24.1. The van der Waals surface area contributed by atoms with Crippen molar-refractivity contribution in [3.8, 4) is 5.75 Å². The Kier molecular flexibility index (Phi) is 7.54. The highest BCUT2D eigenvalue weighted by Crippen LogP contribution is 2.32. The van der Waals surface area contributed by atoms with Gasteiger partial charge in [0.05, 0.1) is 12.0 Å². The van der Waals surface area contributed by atoms with Gasteiger partial charge >= 0.3 is 0 Å². The van der Waals surface area contributed by atoms with E-state index in [9.17, 15) is 13.2 Å². The van der Waals surface area contributed by atoms with Crippen LogP contribution >= 0.6 is 0 Å². The molecular formula is C27H32N2O4S. The van der Waals surface area contributed by atoms with Gasteiger partial charge in [0.1, 0.15) is 5.75 Å². The minimum absolute atomic E-state index is 0.0165. The number of methoxy groups -OCH3 is 1. The molecule has 0 spiro atoms. The summed E-state index contributed by atoms with van der Waals surface area (Å²) in [5, 5.41) is 5.38. The van der Waals surface area contributed by atoms with Crippen LogP contribution in [0, 0.1) is 11.8 Å². The SMILES string of the molecule is CCC1CN(S(=O)(=O)c2ccc(OC)cc2)CCC1CC(=O)NCc1cccc2ccccc12. The maximum absolute atomic E-state index is 13.1. The second kappa shape index (κ2) is 10.6. The second-order valence-corrected chi connectivity index (χ2v) is 10.8. The average molecular weight is 481 g/mol. The van der Waals surface area contributed by atoms with Crippen LogP contribution in [0.25, 0.3) is 10.8 Å². The number of rotatable bonds is 8. The van der Waals surface area contributed by atoms with Gasteiger partial charge in [-0.15, -0.1) is 0 Å². The van der Waals surface area contributed by atoms with Crippen molar-refractivity contribution in [3.05, 3.63) is 72.3 Å². The van der Waals surface area contributed by atoms with E-state index >= 15 is 0 Å². The molecule has 6 nitrogen and oxygen atoms in total. The molecule has 1 saturated heterocycles. The summed E-state index contributed by atoms with van der Waals surface area (Å²) in [6.07, 6.45) is 1.92. The number of carbonyl (C=O) groups is 1. The molecule has 2 atom stereocenters. The molecule has 0 aromatic heterocycles. The molecule has 0 bridgehead atoms. The van der Waals surface area contributed by atoms with Crippen LogP contribution in [-0.2, 0) is 21.4 Å². The van der Waals surface area contributed by atoms with E-state index in [1.165, 1.54) is 0 Å². The van der Waals surface area contributed by atoms with E-state index in [1.54, 1.807) is 35.7 Å². The molecular weight excluding hydrogens is 448 g/mol. The highest BCUT2D eigenvalue weighted by Gasteiger charge is 2.35. The van der Waals surface area contributed by atoms with Crippen molar-refractivity contribution in [2.45, 2.75) is 37.6 Å². The van der Waals surface area contributed by atoms with E-state index in [0.29, 0.717) is 38.2 Å². The molecule has 1 aliphatic rings. The van der Waals surface area contributed by atoms with Crippen molar-refractivity contribution >= 4 is 26.7 Å². The van der Waals surface area contributed by atoms with Gasteiger partial charge < -0.3 is 10.1 Å². The van der Waals surface area contributed by atoms with Crippen molar-refractivity contribution in [3.63, 3.8) is 0 Å². The van der Waals surface area contributed by atoms with E-state index in [1.807, 2.05) is 24.3 Å². The Hall–Kier alpha value is -2.90. The topological polar surface area (TPSA) is 75.7 Å². The lowest BCUT2D eigenvalue weighted by atomic mass is 9.82. The van der Waals surface area contributed by atoms with Gasteiger partial charge in [0, 0.05) is 26.1 Å². The van der Waals surface area contributed by atoms with Gasteiger partial charge in [-0.05, 0) is 58.9 Å². The summed E-state index contributed by atoms with van der Waals surface area (Å²) in [6, 6.07) is 20.8. The number of fused-ring (bicyclic) bond motifs is 1. The lowest BCUT2D eigenvalue weighted by Gasteiger charge is -2.37. The highest BCUT2D eigenvalue weighted by atomic mass is 32.2. The first-order valence-electron chi connectivity index (χ1n) is 11.8. The number of nitrogens with zero attached hydrogens (tertiary/aromatic N) is 1. The van der Waals surface area contributed by atoms with Gasteiger partial charge in [0.2, 0.25) is 15.9 Å². The monoisotopic (exact) mass is 480 g/mol. The van der Waals surface area contributed by atoms with Gasteiger partial charge in [-0.25, -0.2) is 8.42 Å². The molecule has 0 saturated carbocycles. The minimum Gasteiger partial charge on any atom is -0.497 e. The number of ether oxygens (including phenoxy) is 1. The summed E-state index contributed by atoms with van der Waals surface area (Å²) < 4.78 is 33.0. The maximum atomic E-state index is 13.1. The summed E-state index contributed by atoms with van der Waals surface area (Å²) in [5.41, 5.74) is 1.10. The lowest BCUT2D eigenvalue weighted by Crippen LogP contribution is -2.44. The van der Waals surface area contributed by atoms with E-state index in [0.717, 1.165) is 22.8 Å². The van der Waals surface area contributed by atoms with Crippen LogP contribution in [0.5, 0.6) is 5.75 Å². The smallest absolute Gasteiger partial charge is 0.243 e. The normalized spacial score (nSPS) is 19.1. The first kappa shape index (κ1) is 24.2. The largest absolute Gasteiger partial charge is 0.497 e. The molecule has 7 heteroatoms. The van der Waals surface area contributed by atoms with Gasteiger partial charge in [-0.2, -0.15) is 4.31 Å². The Labute approximate surface area is 202 Å². The summed E-state index contributed by atoms with van der Waals surface area (Å²) in [7, 11) is -2.02. The van der Waals surface area contributed by atoms with E-state index in [2.05, 4.69) is 30.4 Å². The zero-order valence-corrected chi connectivity index (χ0v) is 20.6. The van der Waals surface area contributed by atoms with Crippen molar-refractivity contribution < 1.29 is 17.9 Å². The van der Waals surface area contributed by atoms with Crippen LogP contribution in [0.15, 0.2) is 71.6 Å². The Balaban J connectivity index is 1.36. The number of piperidine rings is 1. The van der Waals surface area contributed by atoms with E-state index < -0.39 is 10.0 Å². The van der Waals surface area contributed by atoms with E-state index in [4.69, 9.17) is 4.74 Å². The van der Waals surface area contributed by atoms with Crippen LogP contribution in [-0.4, -0.2) is 38.8 Å². The van der Waals surface area contributed by atoms with Crippen LogP contribution < -0.4 is 10.1 Å². The van der Waals surface area contributed by atoms with Crippen LogP contribution in [0.3, 0.4) is 0 Å². The molecule has 2 unspecified atom stereocenters. The molecule has 4 rings (SSSR count). The summed E-state index contributed by atoms with van der Waals surface area (Å²) in [6.45, 7) is 3.41. The number of hydrogen-bond donors (Lipinski definition) is 1. The predicted molar refractivity (Wildman–Crippen MR) is 134 cm³/mol. The number of amides is 1. The molecule has 1 fully saturated rings. The summed E-state index contributed by atoms with van der Waals surface area (Å²) in [5.74, 6) is 0.950. The van der Waals surface area contributed by atoms with Crippen molar-refractivity contribution in [1.29, 1.82) is 0 Å². The van der Waals surface area contributed by atoms with Crippen LogP contribution in [0.2, 0.25) is 0 Å². The molecule has 0 radical (unpaired) electrons. The predicted octanol–water partition coefficient (Wildman–Crippen LogP) is 4.59. The first-order valence-corrected chi connectivity index (χ1v) is 13.2. The molecule has 1 aliphatic heterocycles.